The number of rotatable bonds is 4. The fourth-order valence-corrected chi connectivity index (χ4v) is 4.48. The zero-order valence-corrected chi connectivity index (χ0v) is 14.5. The molecule has 2 aliphatic rings. The number of carbonyl (C=O) groups excluding carboxylic acids is 1. The first-order chi connectivity index (χ1) is 12.2. The SMILES string of the molecule is O=C(NC1c2ccccc2CC1O)c1cccnc1OC1CCSC1. The summed E-state index contributed by atoms with van der Waals surface area (Å²) in [6.07, 6.45) is 2.64. The second-order valence-electron chi connectivity index (χ2n) is 6.38. The number of fused-ring (bicyclic) bond motifs is 1. The molecule has 4 rings (SSSR count). The lowest BCUT2D eigenvalue weighted by Gasteiger charge is -2.19. The molecule has 1 aromatic carbocycles. The largest absolute Gasteiger partial charge is 0.473 e. The number of hydrogen-bond donors (Lipinski definition) is 2. The molecule has 1 aliphatic heterocycles. The van der Waals surface area contributed by atoms with E-state index in [4.69, 9.17) is 4.74 Å². The second kappa shape index (κ2) is 7.06. The molecule has 2 heterocycles. The molecular formula is C19H20N2O3S. The van der Waals surface area contributed by atoms with Gasteiger partial charge in [0.25, 0.3) is 5.91 Å². The van der Waals surface area contributed by atoms with Crippen LogP contribution in [0.4, 0.5) is 0 Å². The van der Waals surface area contributed by atoms with E-state index in [1.807, 2.05) is 36.0 Å². The molecule has 0 saturated carbocycles. The maximum Gasteiger partial charge on any atom is 0.257 e. The normalized spacial score (nSPS) is 24.8. The summed E-state index contributed by atoms with van der Waals surface area (Å²) in [4.78, 5) is 17.0. The number of ether oxygens (including phenoxy) is 1. The standard InChI is InChI=1S/C19H20N2O3S/c22-16-10-12-4-1-2-5-14(12)17(16)21-18(23)15-6-3-8-20-19(15)24-13-7-9-25-11-13/h1-6,8,13,16-17,22H,7,9-11H2,(H,21,23). The zero-order chi connectivity index (χ0) is 17.2. The molecule has 1 amide bonds. The predicted molar refractivity (Wildman–Crippen MR) is 97.0 cm³/mol. The lowest BCUT2D eigenvalue weighted by molar-refractivity contribution is 0.0851. The van der Waals surface area contributed by atoms with Gasteiger partial charge in [0.2, 0.25) is 5.88 Å². The van der Waals surface area contributed by atoms with Gasteiger partial charge in [0.05, 0.1) is 12.1 Å². The van der Waals surface area contributed by atoms with E-state index in [-0.39, 0.29) is 12.0 Å². The van der Waals surface area contributed by atoms with Gasteiger partial charge in [-0.25, -0.2) is 4.98 Å². The van der Waals surface area contributed by atoms with E-state index in [0.717, 1.165) is 29.1 Å². The van der Waals surface area contributed by atoms with Crippen LogP contribution in [0.5, 0.6) is 5.88 Å². The van der Waals surface area contributed by atoms with Gasteiger partial charge in [-0.15, -0.1) is 0 Å². The van der Waals surface area contributed by atoms with Crippen LogP contribution in [-0.2, 0) is 6.42 Å². The quantitative estimate of drug-likeness (QED) is 0.880. The van der Waals surface area contributed by atoms with Crippen LogP contribution in [0.1, 0.15) is 33.9 Å². The van der Waals surface area contributed by atoms with Crippen LogP contribution < -0.4 is 10.1 Å². The average molecular weight is 356 g/mol. The number of thioether (sulfide) groups is 1. The molecule has 25 heavy (non-hydrogen) atoms. The summed E-state index contributed by atoms with van der Waals surface area (Å²) in [6.45, 7) is 0. The Morgan fingerprint density at radius 3 is 3.00 bits per heavy atom. The number of aliphatic hydroxyl groups excluding tert-OH is 1. The number of nitrogens with one attached hydrogen (secondary N) is 1. The van der Waals surface area contributed by atoms with Crippen LogP contribution in [0.3, 0.4) is 0 Å². The fourth-order valence-electron chi connectivity index (χ4n) is 3.39. The highest BCUT2D eigenvalue weighted by Gasteiger charge is 2.33. The molecule has 130 valence electrons. The summed E-state index contributed by atoms with van der Waals surface area (Å²) in [5.74, 6) is 2.10. The summed E-state index contributed by atoms with van der Waals surface area (Å²) in [6, 6.07) is 10.8. The van der Waals surface area contributed by atoms with Crippen molar-refractivity contribution in [3.05, 3.63) is 59.3 Å². The van der Waals surface area contributed by atoms with Crippen molar-refractivity contribution in [2.45, 2.75) is 31.1 Å². The Morgan fingerprint density at radius 1 is 1.28 bits per heavy atom. The Balaban J connectivity index is 1.53. The molecule has 0 spiro atoms. The maximum atomic E-state index is 12.8. The van der Waals surface area contributed by atoms with Gasteiger partial charge in [-0.05, 0) is 35.4 Å². The van der Waals surface area contributed by atoms with Crippen LogP contribution in [-0.4, -0.2) is 39.7 Å². The van der Waals surface area contributed by atoms with E-state index in [1.54, 1.807) is 18.3 Å². The molecule has 6 heteroatoms. The molecule has 0 radical (unpaired) electrons. The Bertz CT molecular complexity index is 777. The summed E-state index contributed by atoms with van der Waals surface area (Å²) in [7, 11) is 0. The van der Waals surface area contributed by atoms with Gasteiger partial charge in [-0.1, -0.05) is 24.3 Å². The highest BCUT2D eigenvalue weighted by molar-refractivity contribution is 7.99. The first-order valence-corrected chi connectivity index (χ1v) is 9.64. The Labute approximate surface area is 150 Å². The van der Waals surface area contributed by atoms with Gasteiger partial charge < -0.3 is 15.2 Å². The van der Waals surface area contributed by atoms with Gasteiger partial charge in [0.1, 0.15) is 11.7 Å². The minimum atomic E-state index is -0.617. The second-order valence-corrected chi connectivity index (χ2v) is 7.53. The molecule has 2 N–H and O–H groups in total. The minimum Gasteiger partial charge on any atom is -0.473 e. The van der Waals surface area contributed by atoms with Gasteiger partial charge in [-0.3, -0.25) is 4.79 Å². The third-order valence-corrected chi connectivity index (χ3v) is 5.80. The molecular weight excluding hydrogens is 336 g/mol. The molecule has 1 fully saturated rings. The van der Waals surface area contributed by atoms with Crippen molar-refractivity contribution in [3.8, 4) is 5.88 Å². The lowest BCUT2D eigenvalue weighted by atomic mass is 10.1. The predicted octanol–water partition coefficient (Wildman–Crippen LogP) is 2.35. The summed E-state index contributed by atoms with van der Waals surface area (Å²) in [5.41, 5.74) is 2.46. The van der Waals surface area contributed by atoms with Crippen molar-refractivity contribution in [2.24, 2.45) is 0 Å². The number of amides is 1. The number of benzene rings is 1. The topological polar surface area (TPSA) is 71.5 Å². The van der Waals surface area contributed by atoms with Crippen LogP contribution in [0.15, 0.2) is 42.6 Å². The van der Waals surface area contributed by atoms with Crippen molar-refractivity contribution in [3.63, 3.8) is 0 Å². The van der Waals surface area contributed by atoms with Gasteiger partial charge in [-0.2, -0.15) is 11.8 Å². The van der Waals surface area contributed by atoms with Crippen molar-refractivity contribution < 1.29 is 14.6 Å². The number of pyridine rings is 1. The number of aliphatic hydroxyl groups is 1. The fraction of sp³-hybridized carbons (Fsp3) is 0.368. The van der Waals surface area contributed by atoms with Gasteiger partial charge in [0, 0.05) is 18.4 Å². The highest BCUT2D eigenvalue weighted by Crippen LogP contribution is 2.32. The third kappa shape index (κ3) is 3.37. The van der Waals surface area contributed by atoms with E-state index in [2.05, 4.69) is 10.3 Å². The van der Waals surface area contributed by atoms with Gasteiger partial charge in [0.15, 0.2) is 0 Å². The Morgan fingerprint density at radius 2 is 2.16 bits per heavy atom. The van der Waals surface area contributed by atoms with Crippen molar-refractivity contribution in [1.82, 2.24) is 10.3 Å². The van der Waals surface area contributed by atoms with E-state index in [0.29, 0.717) is 17.9 Å². The molecule has 1 saturated heterocycles. The van der Waals surface area contributed by atoms with Crippen LogP contribution >= 0.6 is 11.8 Å². The van der Waals surface area contributed by atoms with E-state index in [9.17, 15) is 9.90 Å². The van der Waals surface area contributed by atoms with Crippen molar-refractivity contribution in [2.75, 3.05) is 11.5 Å². The van der Waals surface area contributed by atoms with E-state index < -0.39 is 12.1 Å². The number of aromatic nitrogens is 1. The first kappa shape index (κ1) is 16.4. The van der Waals surface area contributed by atoms with E-state index >= 15 is 0 Å². The lowest BCUT2D eigenvalue weighted by Crippen LogP contribution is -2.34. The zero-order valence-electron chi connectivity index (χ0n) is 13.7. The molecule has 2 aromatic rings. The first-order valence-electron chi connectivity index (χ1n) is 8.48. The smallest absolute Gasteiger partial charge is 0.257 e. The molecule has 1 aliphatic carbocycles. The minimum absolute atomic E-state index is 0.101. The van der Waals surface area contributed by atoms with Crippen LogP contribution in [0, 0.1) is 0 Å². The molecule has 5 nitrogen and oxygen atoms in total. The Kier molecular flexibility index (Phi) is 4.63. The number of carbonyl (C=O) groups is 1. The molecule has 0 bridgehead atoms. The van der Waals surface area contributed by atoms with Crippen LogP contribution in [0.2, 0.25) is 0 Å². The molecule has 1 aromatic heterocycles. The Hall–Kier alpha value is -2.05. The average Bonchev–Trinajstić information content (AvgIpc) is 3.24. The highest BCUT2D eigenvalue weighted by atomic mass is 32.2. The summed E-state index contributed by atoms with van der Waals surface area (Å²) < 4.78 is 5.93. The molecule has 3 atom stereocenters. The van der Waals surface area contributed by atoms with Crippen LogP contribution in [0.25, 0.3) is 0 Å². The summed E-state index contributed by atoms with van der Waals surface area (Å²) in [5, 5.41) is 13.3. The summed E-state index contributed by atoms with van der Waals surface area (Å²) >= 11 is 1.85. The third-order valence-electron chi connectivity index (χ3n) is 4.67. The monoisotopic (exact) mass is 356 g/mol. The van der Waals surface area contributed by atoms with E-state index in [1.165, 1.54) is 0 Å². The van der Waals surface area contributed by atoms with Gasteiger partial charge >= 0.3 is 0 Å². The maximum absolute atomic E-state index is 12.8. The van der Waals surface area contributed by atoms with Crippen molar-refractivity contribution in [1.29, 1.82) is 0 Å². The number of nitrogens with zero attached hydrogens (tertiary/aromatic N) is 1. The molecule has 3 unspecified atom stereocenters. The number of hydrogen-bond acceptors (Lipinski definition) is 5. The van der Waals surface area contributed by atoms with Crippen molar-refractivity contribution >= 4 is 17.7 Å².